The summed E-state index contributed by atoms with van der Waals surface area (Å²) in [6.45, 7) is 3.37. The molecular weight excluding hydrogens is 396 g/mol. The largest absolute Gasteiger partial charge is 0.434 e. The van der Waals surface area contributed by atoms with Gasteiger partial charge < -0.3 is 19.9 Å². The second-order valence-corrected chi connectivity index (χ2v) is 7.54. The van der Waals surface area contributed by atoms with Crippen molar-refractivity contribution in [2.75, 3.05) is 26.2 Å². The molecule has 7 nitrogen and oxygen atoms in total. The van der Waals surface area contributed by atoms with Gasteiger partial charge in [0.1, 0.15) is 5.75 Å². The maximum atomic E-state index is 13.0. The van der Waals surface area contributed by atoms with Crippen molar-refractivity contribution >= 4 is 17.7 Å². The van der Waals surface area contributed by atoms with Crippen LogP contribution >= 0.6 is 0 Å². The lowest BCUT2D eigenvalue weighted by molar-refractivity contribution is -0.140. The minimum atomic E-state index is -3.04. The maximum Gasteiger partial charge on any atom is 0.387 e. The van der Waals surface area contributed by atoms with E-state index in [-0.39, 0.29) is 42.3 Å². The number of carbonyl (C=O) groups excluding carboxylic acids is 3. The molecule has 1 fully saturated rings. The van der Waals surface area contributed by atoms with E-state index in [1.807, 2.05) is 13.8 Å². The van der Waals surface area contributed by atoms with Gasteiger partial charge in [0.05, 0.1) is 18.0 Å². The Balaban J connectivity index is 2.08. The molecule has 9 heteroatoms. The number of halogens is 2. The van der Waals surface area contributed by atoms with E-state index < -0.39 is 18.4 Å². The fourth-order valence-electron chi connectivity index (χ4n) is 3.52. The van der Waals surface area contributed by atoms with Crippen LogP contribution in [0.1, 0.15) is 44.0 Å². The molecule has 0 saturated carbocycles. The Labute approximate surface area is 175 Å². The lowest BCUT2D eigenvalue weighted by Crippen LogP contribution is -2.49. The first kappa shape index (κ1) is 23.6. The van der Waals surface area contributed by atoms with Gasteiger partial charge in [-0.25, -0.2) is 0 Å². The minimum Gasteiger partial charge on any atom is -0.434 e. The van der Waals surface area contributed by atoms with Crippen molar-refractivity contribution in [1.82, 2.24) is 15.1 Å². The molecule has 1 aromatic carbocycles. The Kier molecular flexibility index (Phi) is 8.56. The fourth-order valence-corrected chi connectivity index (χ4v) is 3.52. The number of piperidine rings is 1. The molecule has 0 bridgehead atoms. The first-order valence-electron chi connectivity index (χ1n) is 10.1. The highest BCUT2D eigenvalue weighted by Gasteiger charge is 2.32. The first-order valence-corrected chi connectivity index (χ1v) is 10.1. The Morgan fingerprint density at radius 2 is 1.97 bits per heavy atom. The van der Waals surface area contributed by atoms with Gasteiger partial charge in [-0.15, -0.1) is 0 Å². The third-order valence-electron chi connectivity index (χ3n) is 4.87. The lowest BCUT2D eigenvalue weighted by atomic mass is 9.95. The Bertz CT molecular complexity index is 758. The minimum absolute atomic E-state index is 0.0235. The van der Waals surface area contributed by atoms with Crippen LogP contribution in [-0.4, -0.2) is 66.4 Å². The molecule has 0 spiro atoms. The number of likely N-dealkylation sites (tertiary alicyclic amines) is 1. The third kappa shape index (κ3) is 6.40. The number of alkyl halides is 2. The average molecular weight is 425 g/mol. The van der Waals surface area contributed by atoms with Crippen molar-refractivity contribution in [1.29, 1.82) is 0 Å². The zero-order valence-corrected chi connectivity index (χ0v) is 17.6. The third-order valence-corrected chi connectivity index (χ3v) is 4.87. The molecule has 1 atom stereocenters. The second kappa shape index (κ2) is 10.9. The Morgan fingerprint density at radius 1 is 1.27 bits per heavy atom. The van der Waals surface area contributed by atoms with Crippen LogP contribution < -0.4 is 10.1 Å². The number of nitrogens with zero attached hydrogens (tertiary/aromatic N) is 2. The molecule has 0 aromatic heterocycles. The predicted molar refractivity (Wildman–Crippen MR) is 107 cm³/mol. The SMILES string of the molecule is CCN(CC(=O)NC(C)C)C(=O)C1CCCN(C(=O)c2ccccc2OC(F)F)C1. The Morgan fingerprint density at radius 3 is 2.60 bits per heavy atom. The number of likely N-dealkylation sites (N-methyl/N-ethyl adjacent to an activating group) is 1. The zero-order valence-electron chi connectivity index (χ0n) is 17.6. The number of para-hydroxylation sites is 1. The van der Waals surface area contributed by atoms with Crippen molar-refractivity contribution in [2.24, 2.45) is 5.92 Å². The molecule has 166 valence electrons. The number of hydrogen-bond donors (Lipinski definition) is 1. The van der Waals surface area contributed by atoms with E-state index in [1.165, 1.54) is 28.0 Å². The van der Waals surface area contributed by atoms with Crippen LogP contribution in [0.15, 0.2) is 24.3 Å². The van der Waals surface area contributed by atoms with Gasteiger partial charge in [0, 0.05) is 25.7 Å². The van der Waals surface area contributed by atoms with Crippen molar-refractivity contribution in [2.45, 2.75) is 46.3 Å². The summed E-state index contributed by atoms with van der Waals surface area (Å²) in [4.78, 5) is 40.9. The molecule has 1 heterocycles. The van der Waals surface area contributed by atoms with Gasteiger partial charge in [0.15, 0.2) is 0 Å². The van der Waals surface area contributed by atoms with Crippen LogP contribution in [-0.2, 0) is 9.59 Å². The summed E-state index contributed by atoms with van der Waals surface area (Å²) < 4.78 is 29.8. The summed E-state index contributed by atoms with van der Waals surface area (Å²) >= 11 is 0. The molecule has 2 rings (SSSR count). The normalized spacial score (nSPS) is 16.5. The van der Waals surface area contributed by atoms with Crippen molar-refractivity contribution in [3.63, 3.8) is 0 Å². The van der Waals surface area contributed by atoms with Crippen LogP contribution in [0.2, 0.25) is 0 Å². The molecular formula is C21H29F2N3O4. The number of hydrogen-bond acceptors (Lipinski definition) is 4. The van der Waals surface area contributed by atoms with Gasteiger partial charge in [-0.3, -0.25) is 14.4 Å². The molecule has 1 aliphatic heterocycles. The molecule has 1 aromatic rings. The quantitative estimate of drug-likeness (QED) is 0.694. The van der Waals surface area contributed by atoms with Crippen LogP contribution in [0.5, 0.6) is 5.75 Å². The summed E-state index contributed by atoms with van der Waals surface area (Å²) in [6, 6.07) is 5.81. The number of ether oxygens (including phenoxy) is 1. The van der Waals surface area contributed by atoms with Crippen LogP contribution in [0, 0.1) is 5.92 Å². The van der Waals surface area contributed by atoms with E-state index in [0.717, 1.165) is 0 Å². The van der Waals surface area contributed by atoms with E-state index in [0.29, 0.717) is 25.9 Å². The molecule has 0 aliphatic carbocycles. The summed E-state index contributed by atoms with van der Waals surface area (Å²) in [5, 5.41) is 2.76. The average Bonchev–Trinajstić information content (AvgIpc) is 2.70. The smallest absolute Gasteiger partial charge is 0.387 e. The van der Waals surface area contributed by atoms with Gasteiger partial charge in [-0.1, -0.05) is 12.1 Å². The molecule has 1 aliphatic rings. The van der Waals surface area contributed by atoms with Gasteiger partial charge >= 0.3 is 6.61 Å². The van der Waals surface area contributed by atoms with E-state index in [9.17, 15) is 23.2 Å². The Hall–Kier alpha value is -2.71. The van der Waals surface area contributed by atoms with Gasteiger partial charge in [-0.2, -0.15) is 8.78 Å². The van der Waals surface area contributed by atoms with Crippen LogP contribution in [0.4, 0.5) is 8.78 Å². The molecule has 0 radical (unpaired) electrons. The number of rotatable bonds is 8. The van der Waals surface area contributed by atoms with Crippen molar-refractivity contribution in [3.05, 3.63) is 29.8 Å². The van der Waals surface area contributed by atoms with E-state index >= 15 is 0 Å². The van der Waals surface area contributed by atoms with E-state index in [2.05, 4.69) is 10.1 Å². The van der Waals surface area contributed by atoms with Gasteiger partial charge in [-0.05, 0) is 45.7 Å². The molecule has 1 saturated heterocycles. The van der Waals surface area contributed by atoms with Gasteiger partial charge in [0.25, 0.3) is 5.91 Å². The number of amides is 3. The summed E-state index contributed by atoms with van der Waals surface area (Å²) in [6.07, 6.45) is 1.20. The molecule has 3 amide bonds. The van der Waals surface area contributed by atoms with Crippen molar-refractivity contribution in [3.8, 4) is 5.75 Å². The lowest BCUT2D eigenvalue weighted by Gasteiger charge is -2.35. The van der Waals surface area contributed by atoms with Crippen LogP contribution in [0.25, 0.3) is 0 Å². The van der Waals surface area contributed by atoms with Gasteiger partial charge in [0.2, 0.25) is 11.8 Å². The fraction of sp³-hybridized carbons (Fsp3) is 0.571. The monoisotopic (exact) mass is 425 g/mol. The highest BCUT2D eigenvalue weighted by atomic mass is 19.3. The van der Waals surface area contributed by atoms with Crippen molar-refractivity contribution < 1.29 is 27.9 Å². The summed E-state index contributed by atoms with van der Waals surface area (Å²) in [5.41, 5.74) is 0.0366. The number of carbonyl (C=O) groups is 3. The molecule has 1 unspecified atom stereocenters. The molecule has 30 heavy (non-hydrogen) atoms. The van der Waals surface area contributed by atoms with E-state index in [1.54, 1.807) is 13.0 Å². The highest BCUT2D eigenvalue weighted by Crippen LogP contribution is 2.25. The molecule has 1 N–H and O–H groups in total. The standard InChI is InChI=1S/C21H29F2N3O4/c1-4-25(13-18(27)24-14(2)3)19(28)15-8-7-11-26(12-15)20(29)16-9-5-6-10-17(16)30-21(22)23/h5-6,9-10,14-15,21H,4,7-8,11-13H2,1-3H3,(H,24,27). The number of benzene rings is 1. The predicted octanol–water partition coefficient (Wildman–Crippen LogP) is 2.51. The highest BCUT2D eigenvalue weighted by molar-refractivity contribution is 5.97. The summed E-state index contributed by atoms with van der Waals surface area (Å²) in [5.74, 6) is -1.51. The number of nitrogens with one attached hydrogen (secondary N) is 1. The van der Waals surface area contributed by atoms with E-state index in [4.69, 9.17) is 0 Å². The topological polar surface area (TPSA) is 79.0 Å². The first-order chi connectivity index (χ1) is 14.2. The zero-order chi connectivity index (χ0) is 22.3. The second-order valence-electron chi connectivity index (χ2n) is 7.54. The maximum absolute atomic E-state index is 13.0. The summed E-state index contributed by atoms with van der Waals surface area (Å²) in [7, 11) is 0. The van der Waals surface area contributed by atoms with Crippen LogP contribution in [0.3, 0.4) is 0 Å².